The molecule has 20 heavy (non-hydrogen) atoms. The van der Waals surface area contributed by atoms with E-state index < -0.39 is 5.41 Å². The Labute approximate surface area is 117 Å². The fraction of sp³-hybridized carbons (Fsp3) is 0.357. The quantitative estimate of drug-likeness (QED) is 0.809. The maximum atomic E-state index is 12.3. The van der Waals surface area contributed by atoms with Crippen molar-refractivity contribution in [3.8, 4) is 0 Å². The number of benzene rings is 1. The highest BCUT2D eigenvalue weighted by Gasteiger charge is 2.28. The van der Waals surface area contributed by atoms with Crippen LogP contribution in [0.25, 0.3) is 0 Å². The molecule has 0 spiro atoms. The summed E-state index contributed by atoms with van der Waals surface area (Å²) >= 11 is 0. The van der Waals surface area contributed by atoms with Crippen LogP contribution in [-0.2, 0) is 11.8 Å². The first-order valence-electron chi connectivity index (χ1n) is 6.42. The van der Waals surface area contributed by atoms with Gasteiger partial charge in [0.15, 0.2) is 0 Å². The number of hydrogen-bond donors (Lipinski definition) is 2. The molecule has 0 aliphatic carbocycles. The standard InChI is InChI=1S/C14H19N5O/c1-14(2,9-10-7-5-4-6-8-10)11-12(20)19(15)13(16-3)18-17-11/h4-8H,9,15H2,1-3H3,(H,16,18). The number of hydrogen-bond acceptors (Lipinski definition) is 5. The molecule has 1 aromatic carbocycles. The Balaban J connectivity index is 2.40. The molecule has 2 aromatic rings. The van der Waals surface area contributed by atoms with E-state index in [4.69, 9.17) is 5.84 Å². The van der Waals surface area contributed by atoms with Crippen LogP contribution in [0.15, 0.2) is 35.1 Å². The molecule has 0 amide bonds. The second-order valence-corrected chi connectivity index (χ2v) is 5.34. The van der Waals surface area contributed by atoms with E-state index in [-0.39, 0.29) is 11.5 Å². The van der Waals surface area contributed by atoms with E-state index in [2.05, 4.69) is 15.5 Å². The van der Waals surface area contributed by atoms with Crippen molar-refractivity contribution in [2.75, 3.05) is 18.2 Å². The monoisotopic (exact) mass is 273 g/mol. The van der Waals surface area contributed by atoms with E-state index in [1.165, 1.54) is 0 Å². The van der Waals surface area contributed by atoms with Crippen molar-refractivity contribution in [3.63, 3.8) is 0 Å². The molecule has 0 aliphatic rings. The lowest BCUT2D eigenvalue weighted by Gasteiger charge is -2.23. The molecule has 6 nitrogen and oxygen atoms in total. The number of nitrogens with one attached hydrogen (secondary N) is 1. The summed E-state index contributed by atoms with van der Waals surface area (Å²) in [5, 5.41) is 10.7. The third-order valence-electron chi connectivity index (χ3n) is 3.25. The predicted molar refractivity (Wildman–Crippen MR) is 79.2 cm³/mol. The Hall–Kier alpha value is -2.37. The van der Waals surface area contributed by atoms with Gasteiger partial charge >= 0.3 is 0 Å². The SMILES string of the molecule is CNc1nnc(C(C)(C)Cc2ccccc2)c(=O)n1N. The molecule has 0 unspecified atom stereocenters. The van der Waals surface area contributed by atoms with Crippen LogP contribution in [0.3, 0.4) is 0 Å². The molecule has 0 radical (unpaired) electrons. The van der Waals surface area contributed by atoms with Crippen molar-refractivity contribution in [3.05, 3.63) is 51.9 Å². The van der Waals surface area contributed by atoms with Gasteiger partial charge in [0.05, 0.1) is 0 Å². The first-order valence-corrected chi connectivity index (χ1v) is 6.42. The van der Waals surface area contributed by atoms with Crippen molar-refractivity contribution in [1.29, 1.82) is 0 Å². The van der Waals surface area contributed by atoms with Crippen LogP contribution in [0.4, 0.5) is 5.95 Å². The van der Waals surface area contributed by atoms with Crippen molar-refractivity contribution in [2.45, 2.75) is 25.7 Å². The minimum absolute atomic E-state index is 0.245. The third-order valence-corrected chi connectivity index (χ3v) is 3.25. The number of nitrogens with zero attached hydrogens (tertiary/aromatic N) is 3. The minimum atomic E-state index is -0.446. The van der Waals surface area contributed by atoms with Crippen molar-refractivity contribution in [1.82, 2.24) is 14.9 Å². The first kappa shape index (κ1) is 14.0. The van der Waals surface area contributed by atoms with Gasteiger partial charge in [-0.25, -0.2) is 0 Å². The summed E-state index contributed by atoms with van der Waals surface area (Å²) in [4.78, 5) is 12.3. The fourth-order valence-electron chi connectivity index (χ4n) is 2.18. The Kier molecular flexibility index (Phi) is 3.74. The van der Waals surface area contributed by atoms with Crippen LogP contribution in [0.2, 0.25) is 0 Å². The second kappa shape index (κ2) is 5.32. The molecular weight excluding hydrogens is 254 g/mol. The third kappa shape index (κ3) is 2.64. The molecule has 106 valence electrons. The van der Waals surface area contributed by atoms with Gasteiger partial charge in [-0.3, -0.25) is 4.79 Å². The Morgan fingerprint density at radius 2 is 1.90 bits per heavy atom. The molecule has 3 N–H and O–H groups in total. The van der Waals surface area contributed by atoms with E-state index in [1.807, 2.05) is 44.2 Å². The molecule has 0 saturated heterocycles. The highest BCUT2D eigenvalue weighted by molar-refractivity contribution is 5.26. The van der Waals surface area contributed by atoms with E-state index >= 15 is 0 Å². The zero-order chi connectivity index (χ0) is 14.8. The van der Waals surface area contributed by atoms with Crippen molar-refractivity contribution < 1.29 is 0 Å². The number of nitrogen functional groups attached to an aromatic ring is 1. The zero-order valence-electron chi connectivity index (χ0n) is 11.9. The van der Waals surface area contributed by atoms with E-state index in [1.54, 1.807) is 7.05 Å². The molecule has 0 fully saturated rings. The van der Waals surface area contributed by atoms with Crippen LogP contribution < -0.4 is 16.7 Å². The van der Waals surface area contributed by atoms with Gasteiger partial charge in [0, 0.05) is 12.5 Å². The van der Waals surface area contributed by atoms with Crippen LogP contribution >= 0.6 is 0 Å². The van der Waals surface area contributed by atoms with Gasteiger partial charge in [0.25, 0.3) is 5.56 Å². The summed E-state index contributed by atoms with van der Waals surface area (Å²) in [6, 6.07) is 9.96. The fourth-order valence-corrected chi connectivity index (χ4v) is 2.18. The van der Waals surface area contributed by atoms with Gasteiger partial charge in [-0.05, 0) is 12.0 Å². The molecule has 2 rings (SSSR count). The molecule has 0 atom stereocenters. The smallest absolute Gasteiger partial charge is 0.295 e. The van der Waals surface area contributed by atoms with E-state index in [0.29, 0.717) is 12.1 Å². The molecule has 1 aromatic heterocycles. The highest BCUT2D eigenvalue weighted by Crippen LogP contribution is 2.23. The van der Waals surface area contributed by atoms with Crippen LogP contribution in [-0.4, -0.2) is 21.9 Å². The second-order valence-electron chi connectivity index (χ2n) is 5.34. The molecule has 0 saturated carbocycles. The lowest BCUT2D eigenvalue weighted by Crippen LogP contribution is -2.40. The molecule has 0 bridgehead atoms. The highest BCUT2D eigenvalue weighted by atomic mass is 16.1. The topological polar surface area (TPSA) is 85.8 Å². The van der Waals surface area contributed by atoms with Crippen molar-refractivity contribution >= 4 is 5.95 Å². The number of rotatable bonds is 4. The van der Waals surface area contributed by atoms with Gasteiger partial charge in [-0.2, -0.15) is 4.68 Å². The summed E-state index contributed by atoms with van der Waals surface area (Å²) in [5.74, 6) is 5.97. The lowest BCUT2D eigenvalue weighted by atomic mass is 9.83. The average molecular weight is 273 g/mol. The number of nitrogens with two attached hydrogens (primary N) is 1. The van der Waals surface area contributed by atoms with Crippen LogP contribution in [0, 0.1) is 0 Å². The molecule has 6 heteroatoms. The van der Waals surface area contributed by atoms with Gasteiger partial charge in [0.2, 0.25) is 5.95 Å². The van der Waals surface area contributed by atoms with E-state index in [0.717, 1.165) is 10.2 Å². The van der Waals surface area contributed by atoms with Gasteiger partial charge in [0.1, 0.15) is 5.69 Å². The first-order chi connectivity index (χ1) is 9.45. The summed E-state index contributed by atoms with van der Waals surface area (Å²) < 4.78 is 0.995. The summed E-state index contributed by atoms with van der Waals surface area (Å²) in [6.07, 6.45) is 0.691. The van der Waals surface area contributed by atoms with Gasteiger partial charge in [-0.1, -0.05) is 44.2 Å². The van der Waals surface area contributed by atoms with Crippen molar-refractivity contribution in [2.24, 2.45) is 0 Å². The Morgan fingerprint density at radius 1 is 1.25 bits per heavy atom. The summed E-state index contributed by atoms with van der Waals surface area (Å²) in [5.41, 5.74) is 0.729. The average Bonchev–Trinajstić information content (AvgIpc) is 2.42. The predicted octanol–water partition coefficient (Wildman–Crippen LogP) is 0.914. The Morgan fingerprint density at radius 3 is 2.50 bits per heavy atom. The molecule has 0 aliphatic heterocycles. The summed E-state index contributed by atoms with van der Waals surface area (Å²) in [7, 11) is 1.64. The Bertz CT molecular complexity index is 648. The van der Waals surface area contributed by atoms with Crippen LogP contribution in [0.1, 0.15) is 25.1 Å². The molecular formula is C14H19N5O. The van der Waals surface area contributed by atoms with Crippen LogP contribution in [0.5, 0.6) is 0 Å². The maximum absolute atomic E-state index is 12.3. The van der Waals surface area contributed by atoms with E-state index in [9.17, 15) is 4.79 Å². The van der Waals surface area contributed by atoms with Gasteiger partial charge < -0.3 is 11.2 Å². The zero-order valence-corrected chi connectivity index (χ0v) is 11.9. The number of anilines is 1. The van der Waals surface area contributed by atoms with Gasteiger partial charge in [-0.15, -0.1) is 10.2 Å². The maximum Gasteiger partial charge on any atom is 0.295 e. The normalized spacial score (nSPS) is 11.3. The summed E-state index contributed by atoms with van der Waals surface area (Å²) in [6.45, 7) is 3.93. The number of aromatic nitrogens is 3. The largest absolute Gasteiger partial charge is 0.356 e. The molecule has 1 heterocycles. The minimum Gasteiger partial charge on any atom is -0.356 e. The lowest BCUT2D eigenvalue weighted by molar-refractivity contribution is 0.484.